The number of aromatic nitrogens is 1. The maximum absolute atomic E-state index is 5.42. The lowest BCUT2D eigenvalue weighted by Gasteiger charge is -2.14. The Kier molecular flexibility index (Phi) is 3.56. The molecule has 1 aliphatic rings. The number of aryl methyl sites for hydroxylation is 1. The van der Waals surface area contributed by atoms with Crippen molar-refractivity contribution in [3.63, 3.8) is 0 Å². The Morgan fingerprint density at radius 2 is 2.16 bits per heavy atom. The standard InChI is InChI=1S/C16H20N2O/c1-12-6-7-16(18-12)14-4-2-3-5-15(14)17-10-13-8-9-19-11-13/h2-7,13,17-18H,8-11H2,1H3/t13-/m1/s1. The van der Waals surface area contributed by atoms with Crippen molar-refractivity contribution in [2.45, 2.75) is 13.3 Å². The van der Waals surface area contributed by atoms with Crippen molar-refractivity contribution < 1.29 is 4.74 Å². The average molecular weight is 256 g/mol. The summed E-state index contributed by atoms with van der Waals surface area (Å²) in [6.45, 7) is 4.85. The van der Waals surface area contributed by atoms with Crippen LogP contribution in [0, 0.1) is 12.8 Å². The number of anilines is 1. The number of aromatic amines is 1. The molecule has 2 heterocycles. The molecule has 3 rings (SSSR count). The molecule has 3 nitrogen and oxygen atoms in total. The molecule has 0 radical (unpaired) electrons. The quantitative estimate of drug-likeness (QED) is 0.879. The van der Waals surface area contributed by atoms with E-state index in [1.807, 2.05) is 0 Å². The molecule has 100 valence electrons. The van der Waals surface area contributed by atoms with Crippen molar-refractivity contribution in [2.75, 3.05) is 25.1 Å². The van der Waals surface area contributed by atoms with E-state index in [-0.39, 0.29) is 0 Å². The highest BCUT2D eigenvalue weighted by atomic mass is 16.5. The molecule has 1 saturated heterocycles. The summed E-state index contributed by atoms with van der Waals surface area (Å²) in [5, 5.41) is 3.56. The number of hydrogen-bond donors (Lipinski definition) is 2. The van der Waals surface area contributed by atoms with Gasteiger partial charge in [-0.05, 0) is 31.5 Å². The van der Waals surface area contributed by atoms with Gasteiger partial charge in [0.1, 0.15) is 0 Å². The highest BCUT2D eigenvalue weighted by Gasteiger charge is 2.15. The molecule has 1 atom stereocenters. The SMILES string of the molecule is Cc1ccc(-c2ccccc2NC[C@H]2CCOC2)[nH]1. The second kappa shape index (κ2) is 5.49. The fourth-order valence-electron chi connectivity index (χ4n) is 2.53. The molecule has 1 aromatic carbocycles. The first kappa shape index (κ1) is 12.3. The van der Waals surface area contributed by atoms with E-state index < -0.39 is 0 Å². The van der Waals surface area contributed by atoms with Gasteiger partial charge in [0, 0.05) is 41.7 Å². The van der Waals surface area contributed by atoms with Crippen LogP contribution >= 0.6 is 0 Å². The molecular weight excluding hydrogens is 236 g/mol. The molecule has 19 heavy (non-hydrogen) atoms. The van der Waals surface area contributed by atoms with Crippen molar-refractivity contribution in [1.82, 2.24) is 4.98 Å². The van der Waals surface area contributed by atoms with E-state index in [4.69, 9.17) is 4.74 Å². The van der Waals surface area contributed by atoms with Gasteiger partial charge in [0.15, 0.2) is 0 Å². The largest absolute Gasteiger partial charge is 0.384 e. The summed E-state index contributed by atoms with van der Waals surface area (Å²) in [5.74, 6) is 0.637. The monoisotopic (exact) mass is 256 g/mol. The summed E-state index contributed by atoms with van der Waals surface area (Å²) in [5.41, 5.74) is 4.78. The minimum Gasteiger partial charge on any atom is -0.384 e. The topological polar surface area (TPSA) is 37.0 Å². The van der Waals surface area contributed by atoms with Gasteiger partial charge in [-0.3, -0.25) is 0 Å². The number of para-hydroxylation sites is 1. The molecule has 0 unspecified atom stereocenters. The van der Waals surface area contributed by atoms with Crippen LogP contribution in [0.15, 0.2) is 36.4 Å². The van der Waals surface area contributed by atoms with Gasteiger partial charge in [0.2, 0.25) is 0 Å². The third-order valence-corrected chi connectivity index (χ3v) is 3.65. The summed E-state index contributed by atoms with van der Waals surface area (Å²) >= 11 is 0. The first-order chi connectivity index (χ1) is 9.33. The number of rotatable bonds is 4. The van der Waals surface area contributed by atoms with Crippen LogP contribution in [-0.2, 0) is 4.74 Å². The summed E-state index contributed by atoms with van der Waals surface area (Å²) in [6, 6.07) is 12.7. The summed E-state index contributed by atoms with van der Waals surface area (Å²) in [4.78, 5) is 3.40. The highest BCUT2D eigenvalue weighted by Crippen LogP contribution is 2.27. The number of benzene rings is 1. The van der Waals surface area contributed by atoms with E-state index in [0.717, 1.165) is 26.2 Å². The molecule has 2 aromatic rings. The summed E-state index contributed by atoms with van der Waals surface area (Å²) in [7, 11) is 0. The molecule has 2 N–H and O–H groups in total. The van der Waals surface area contributed by atoms with Crippen molar-refractivity contribution in [3.05, 3.63) is 42.1 Å². The molecule has 1 fully saturated rings. The zero-order valence-corrected chi connectivity index (χ0v) is 11.3. The van der Waals surface area contributed by atoms with E-state index in [0.29, 0.717) is 5.92 Å². The second-order valence-electron chi connectivity index (χ2n) is 5.21. The number of nitrogens with one attached hydrogen (secondary N) is 2. The molecule has 0 spiro atoms. The van der Waals surface area contributed by atoms with Crippen LogP contribution in [0.25, 0.3) is 11.3 Å². The fourth-order valence-corrected chi connectivity index (χ4v) is 2.53. The predicted octanol–water partition coefficient (Wildman–Crippen LogP) is 3.44. The maximum Gasteiger partial charge on any atom is 0.0511 e. The van der Waals surface area contributed by atoms with Gasteiger partial charge < -0.3 is 15.0 Å². The van der Waals surface area contributed by atoms with Crippen molar-refractivity contribution in [2.24, 2.45) is 5.92 Å². The predicted molar refractivity (Wildman–Crippen MR) is 78.4 cm³/mol. The minimum atomic E-state index is 0.637. The van der Waals surface area contributed by atoms with Crippen LogP contribution in [0.2, 0.25) is 0 Å². The summed E-state index contributed by atoms with van der Waals surface area (Å²) in [6.07, 6.45) is 1.16. The van der Waals surface area contributed by atoms with Crippen molar-refractivity contribution in [3.8, 4) is 11.3 Å². The lowest BCUT2D eigenvalue weighted by Crippen LogP contribution is -2.14. The van der Waals surface area contributed by atoms with Gasteiger partial charge in [-0.25, -0.2) is 0 Å². The van der Waals surface area contributed by atoms with Gasteiger partial charge >= 0.3 is 0 Å². The fraction of sp³-hybridized carbons (Fsp3) is 0.375. The third-order valence-electron chi connectivity index (χ3n) is 3.65. The first-order valence-corrected chi connectivity index (χ1v) is 6.89. The molecule has 1 aliphatic heterocycles. The smallest absolute Gasteiger partial charge is 0.0511 e. The maximum atomic E-state index is 5.42. The van der Waals surface area contributed by atoms with Crippen LogP contribution in [0.5, 0.6) is 0 Å². The molecule has 0 aliphatic carbocycles. The first-order valence-electron chi connectivity index (χ1n) is 6.89. The van der Waals surface area contributed by atoms with Gasteiger partial charge in [-0.1, -0.05) is 18.2 Å². The van der Waals surface area contributed by atoms with Crippen molar-refractivity contribution in [1.29, 1.82) is 0 Å². The molecule has 0 amide bonds. The Labute approximate surface area is 114 Å². The number of H-pyrrole nitrogens is 1. The zero-order chi connectivity index (χ0) is 13.1. The highest BCUT2D eigenvalue weighted by molar-refractivity contribution is 5.75. The van der Waals surface area contributed by atoms with Crippen LogP contribution in [0.4, 0.5) is 5.69 Å². The Balaban J connectivity index is 1.77. The van der Waals surface area contributed by atoms with Crippen LogP contribution in [0.1, 0.15) is 12.1 Å². The molecule has 0 bridgehead atoms. The molecule has 1 aromatic heterocycles. The zero-order valence-electron chi connectivity index (χ0n) is 11.3. The third kappa shape index (κ3) is 2.82. The Hall–Kier alpha value is -1.74. The van der Waals surface area contributed by atoms with Gasteiger partial charge in [0.05, 0.1) is 6.61 Å². The van der Waals surface area contributed by atoms with Crippen LogP contribution in [0.3, 0.4) is 0 Å². The van der Waals surface area contributed by atoms with Crippen molar-refractivity contribution >= 4 is 5.69 Å². The lowest BCUT2D eigenvalue weighted by atomic mass is 10.1. The average Bonchev–Trinajstić information content (AvgIpc) is 3.08. The second-order valence-corrected chi connectivity index (χ2v) is 5.21. The summed E-state index contributed by atoms with van der Waals surface area (Å²) < 4.78 is 5.42. The Bertz CT molecular complexity index is 541. The number of ether oxygens (including phenoxy) is 1. The molecule has 0 saturated carbocycles. The lowest BCUT2D eigenvalue weighted by molar-refractivity contribution is 0.187. The van der Waals surface area contributed by atoms with Gasteiger partial charge in [-0.15, -0.1) is 0 Å². The molecular formula is C16H20N2O. The van der Waals surface area contributed by atoms with Gasteiger partial charge in [-0.2, -0.15) is 0 Å². The minimum absolute atomic E-state index is 0.637. The van der Waals surface area contributed by atoms with E-state index in [1.165, 1.54) is 22.6 Å². The van der Waals surface area contributed by atoms with E-state index in [1.54, 1.807) is 0 Å². The Morgan fingerprint density at radius 1 is 1.26 bits per heavy atom. The normalized spacial score (nSPS) is 18.7. The van der Waals surface area contributed by atoms with E-state index >= 15 is 0 Å². The molecule has 3 heteroatoms. The Morgan fingerprint density at radius 3 is 2.89 bits per heavy atom. The van der Waals surface area contributed by atoms with Crippen LogP contribution in [-0.4, -0.2) is 24.7 Å². The van der Waals surface area contributed by atoms with E-state index in [2.05, 4.69) is 53.6 Å². The van der Waals surface area contributed by atoms with Crippen LogP contribution < -0.4 is 5.32 Å². The number of hydrogen-bond acceptors (Lipinski definition) is 2. The van der Waals surface area contributed by atoms with Gasteiger partial charge in [0.25, 0.3) is 0 Å². The van der Waals surface area contributed by atoms with E-state index in [9.17, 15) is 0 Å².